The maximum atomic E-state index is 6.50. The Morgan fingerprint density at radius 3 is 2.55 bits per heavy atom. The minimum absolute atomic E-state index is 0.0974. The molecule has 0 bridgehead atoms. The van der Waals surface area contributed by atoms with Gasteiger partial charge in [0.05, 0.1) is 23.9 Å². The molecule has 2 aliphatic heterocycles. The van der Waals surface area contributed by atoms with E-state index in [0.29, 0.717) is 18.1 Å². The Morgan fingerprint density at radius 1 is 1.15 bits per heavy atom. The molecule has 4 heteroatoms. The van der Waals surface area contributed by atoms with Crippen LogP contribution < -0.4 is 5.73 Å². The summed E-state index contributed by atoms with van der Waals surface area (Å²) in [4.78, 5) is 2.62. The lowest BCUT2D eigenvalue weighted by Gasteiger charge is -2.41. The Bertz CT molecular complexity index is 369. The highest BCUT2D eigenvalue weighted by atomic mass is 16.5. The topological polar surface area (TPSA) is 47.7 Å². The van der Waals surface area contributed by atoms with E-state index in [1.54, 1.807) is 0 Å². The molecule has 2 saturated heterocycles. The van der Waals surface area contributed by atoms with E-state index in [1.165, 1.54) is 19.3 Å². The van der Waals surface area contributed by atoms with Crippen LogP contribution in [0.25, 0.3) is 0 Å². The van der Waals surface area contributed by atoms with E-state index in [9.17, 15) is 0 Å². The molecule has 116 valence electrons. The molecule has 3 rings (SSSR count). The summed E-state index contributed by atoms with van der Waals surface area (Å²) in [5, 5.41) is 0. The van der Waals surface area contributed by atoms with Gasteiger partial charge in [0.25, 0.3) is 0 Å². The van der Waals surface area contributed by atoms with E-state index in [2.05, 4.69) is 32.6 Å². The second-order valence-corrected chi connectivity index (χ2v) is 7.84. The molecule has 1 aliphatic carbocycles. The summed E-state index contributed by atoms with van der Waals surface area (Å²) in [6, 6.07) is 0.704. The minimum Gasteiger partial charge on any atom is -0.375 e. The molecule has 2 heterocycles. The van der Waals surface area contributed by atoms with Crippen LogP contribution in [0.1, 0.15) is 47.0 Å². The Balaban J connectivity index is 1.73. The van der Waals surface area contributed by atoms with Gasteiger partial charge in [0.2, 0.25) is 0 Å². The van der Waals surface area contributed by atoms with Crippen LogP contribution in [0, 0.1) is 5.92 Å². The molecule has 4 nitrogen and oxygen atoms in total. The summed E-state index contributed by atoms with van der Waals surface area (Å²) in [5.41, 5.74) is 6.13. The highest BCUT2D eigenvalue weighted by molar-refractivity contribution is 5.05. The monoisotopic (exact) mass is 282 g/mol. The van der Waals surface area contributed by atoms with Crippen molar-refractivity contribution in [3.05, 3.63) is 0 Å². The summed E-state index contributed by atoms with van der Waals surface area (Å²) in [7, 11) is 0. The summed E-state index contributed by atoms with van der Waals surface area (Å²) in [6.07, 6.45) is 4.26. The second kappa shape index (κ2) is 4.94. The average Bonchev–Trinajstić information content (AvgIpc) is 2.86. The molecule has 20 heavy (non-hydrogen) atoms. The van der Waals surface area contributed by atoms with Crippen molar-refractivity contribution in [2.75, 3.05) is 19.7 Å². The van der Waals surface area contributed by atoms with Crippen molar-refractivity contribution in [1.29, 1.82) is 0 Å². The van der Waals surface area contributed by atoms with Gasteiger partial charge in [0.15, 0.2) is 0 Å². The van der Waals surface area contributed by atoms with Crippen molar-refractivity contribution in [2.24, 2.45) is 11.7 Å². The smallest absolute Gasteiger partial charge is 0.0788 e. The van der Waals surface area contributed by atoms with Crippen LogP contribution in [-0.4, -0.2) is 54.0 Å². The molecular formula is C16H30N2O2. The van der Waals surface area contributed by atoms with Crippen molar-refractivity contribution in [3.8, 4) is 0 Å². The number of fused-ring (bicyclic) bond motifs is 1. The van der Waals surface area contributed by atoms with Crippen molar-refractivity contribution >= 4 is 0 Å². The van der Waals surface area contributed by atoms with E-state index >= 15 is 0 Å². The van der Waals surface area contributed by atoms with Crippen LogP contribution in [0.5, 0.6) is 0 Å². The van der Waals surface area contributed by atoms with Gasteiger partial charge in [-0.3, -0.25) is 4.90 Å². The molecule has 0 spiro atoms. The average molecular weight is 282 g/mol. The first-order chi connectivity index (χ1) is 9.31. The molecule has 3 fully saturated rings. The molecule has 1 saturated carbocycles. The zero-order valence-corrected chi connectivity index (χ0v) is 13.4. The highest BCUT2D eigenvalue weighted by Crippen LogP contribution is 2.42. The summed E-state index contributed by atoms with van der Waals surface area (Å²) < 4.78 is 12.1. The fourth-order valence-corrected chi connectivity index (χ4v) is 4.56. The van der Waals surface area contributed by atoms with E-state index in [4.69, 9.17) is 15.2 Å². The Kier molecular flexibility index (Phi) is 3.65. The second-order valence-electron chi connectivity index (χ2n) is 7.84. The molecule has 2 N–H and O–H groups in total. The zero-order valence-electron chi connectivity index (χ0n) is 13.4. The fourth-order valence-electron chi connectivity index (χ4n) is 4.56. The molecular weight excluding hydrogens is 252 g/mol. The lowest BCUT2D eigenvalue weighted by molar-refractivity contribution is -0.0903. The molecule has 4 atom stereocenters. The molecule has 3 aliphatic rings. The molecule has 0 aromatic heterocycles. The maximum Gasteiger partial charge on any atom is 0.0788 e. The van der Waals surface area contributed by atoms with Crippen LogP contribution in [0.15, 0.2) is 0 Å². The van der Waals surface area contributed by atoms with E-state index in [-0.39, 0.29) is 17.2 Å². The quantitative estimate of drug-likeness (QED) is 0.838. The number of morpholine rings is 1. The minimum atomic E-state index is -0.227. The van der Waals surface area contributed by atoms with Gasteiger partial charge < -0.3 is 15.2 Å². The third-order valence-electron chi connectivity index (χ3n) is 5.68. The van der Waals surface area contributed by atoms with Gasteiger partial charge in [-0.2, -0.15) is 0 Å². The number of hydrogen-bond acceptors (Lipinski definition) is 4. The van der Waals surface area contributed by atoms with E-state index < -0.39 is 0 Å². The van der Waals surface area contributed by atoms with Gasteiger partial charge in [-0.25, -0.2) is 0 Å². The SMILES string of the molecule is CC1(C)OC(C)(C)C(CN2CCOC3CCCC32)C1N. The summed E-state index contributed by atoms with van der Waals surface area (Å²) >= 11 is 0. The Hall–Kier alpha value is -0.160. The number of nitrogens with two attached hydrogens (primary N) is 1. The third kappa shape index (κ3) is 2.41. The standard InChI is InChI=1S/C16H30N2O2/c1-15(2)11(14(17)16(3,4)20-15)10-18-8-9-19-13-7-5-6-12(13)18/h11-14H,5-10,17H2,1-4H3. The van der Waals surface area contributed by atoms with Gasteiger partial charge in [-0.1, -0.05) is 0 Å². The molecule has 4 unspecified atom stereocenters. The third-order valence-corrected chi connectivity index (χ3v) is 5.68. The largest absolute Gasteiger partial charge is 0.375 e. The van der Waals surface area contributed by atoms with Crippen LogP contribution in [0.2, 0.25) is 0 Å². The van der Waals surface area contributed by atoms with Crippen LogP contribution in [0.4, 0.5) is 0 Å². The van der Waals surface area contributed by atoms with Crippen LogP contribution >= 0.6 is 0 Å². The Labute approximate surface area is 123 Å². The van der Waals surface area contributed by atoms with Crippen molar-refractivity contribution < 1.29 is 9.47 Å². The predicted octanol–water partition coefficient (Wildman–Crippen LogP) is 1.77. The van der Waals surface area contributed by atoms with E-state index in [1.807, 2.05) is 0 Å². The van der Waals surface area contributed by atoms with Gasteiger partial charge in [0, 0.05) is 31.1 Å². The Morgan fingerprint density at radius 2 is 1.90 bits per heavy atom. The lowest BCUT2D eigenvalue weighted by atomic mass is 9.82. The highest BCUT2D eigenvalue weighted by Gasteiger charge is 2.53. The first kappa shape index (κ1) is 14.8. The van der Waals surface area contributed by atoms with Gasteiger partial charge >= 0.3 is 0 Å². The lowest BCUT2D eigenvalue weighted by Crippen LogP contribution is -2.54. The molecule has 0 radical (unpaired) electrons. The van der Waals surface area contributed by atoms with Crippen molar-refractivity contribution in [1.82, 2.24) is 4.90 Å². The molecule has 0 amide bonds. The van der Waals surface area contributed by atoms with Gasteiger partial charge in [0.1, 0.15) is 0 Å². The number of rotatable bonds is 2. The fraction of sp³-hybridized carbons (Fsp3) is 1.00. The first-order valence-electron chi connectivity index (χ1n) is 8.13. The van der Waals surface area contributed by atoms with Crippen LogP contribution in [0.3, 0.4) is 0 Å². The van der Waals surface area contributed by atoms with Gasteiger partial charge in [-0.15, -0.1) is 0 Å². The molecule has 0 aromatic carbocycles. The predicted molar refractivity (Wildman–Crippen MR) is 79.7 cm³/mol. The van der Waals surface area contributed by atoms with E-state index in [0.717, 1.165) is 19.7 Å². The number of hydrogen-bond donors (Lipinski definition) is 1. The number of ether oxygens (including phenoxy) is 2. The molecule has 0 aromatic rings. The summed E-state index contributed by atoms with van der Waals surface area (Å²) in [6.45, 7) is 11.6. The first-order valence-corrected chi connectivity index (χ1v) is 8.13. The van der Waals surface area contributed by atoms with Crippen molar-refractivity contribution in [2.45, 2.75) is 76.3 Å². The summed E-state index contributed by atoms with van der Waals surface area (Å²) in [5.74, 6) is 0.386. The number of nitrogens with zero attached hydrogens (tertiary/aromatic N) is 1. The zero-order chi connectivity index (χ0) is 14.5. The normalized spacial score (nSPS) is 43.6. The van der Waals surface area contributed by atoms with Crippen LogP contribution in [-0.2, 0) is 9.47 Å². The maximum absolute atomic E-state index is 6.50. The van der Waals surface area contributed by atoms with Crippen molar-refractivity contribution in [3.63, 3.8) is 0 Å². The van der Waals surface area contributed by atoms with Gasteiger partial charge in [-0.05, 0) is 47.0 Å².